The third-order valence-corrected chi connectivity index (χ3v) is 6.15. The largest absolute Gasteiger partial charge is 0.368 e. The Morgan fingerprint density at radius 2 is 1.67 bits per heavy atom. The maximum atomic E-state index is 13.7. The first kappa shape index (κ1) is 25.5. The molecule has 36 heavy (non-hydrogen) atoms. The molecule has 1 atom stereocenters. The van der Waals surface area contributed by atoms with Crippen LogP contribution in [0.25, 0.3) is 21.9 Å². The molecule has 4 aromatic rings. The van der Waals surface area contributed by atoms with Crippen LogP contribution in [0.4, 0.5) is 14.6 Å². The van der Waals surface area contributed by atoms with E-state index in [0.29, 0.717) is 49.1 Å². The molecular formula is C27H27F2N4O2P. The average Bonchev–Trinajstić information content (AvgIpc) is 2.88. The van der Waals surface area contributed by atoms with E-state index in [1.807, 2.05) is 36.4 Å². The first-order chi connectivity index (χ1) is 17.3. The van der Waals surface area contributed by atoms with Gasteiger partial charge in [-0.2, -0.15) is 13.9 Å². The summed E-state index contributed by atoms with van der Waals surface area (Å²) < 4.78 is 27.3. The van der Waals surface area contributed by atoms with Crippen molar-refractivity contribution in [3.05, 3.63) is 94.3 Å². The number of nitrogens with zero attached hydrogens (tertiary/aromatic N) is 1. The smallest absolute Gasteiger partial charge is 0.283 e. The van der Waals surface area contributed by atoms with Crippen LogP contribution < -0.4 is 16.2 Å². The molecule has 0 aliphatic carbocycles. The highest BCUT2D eigenvalue weighted by Crippen LogP contribution is 2.36. The fourth-order valence-corrected chi connectivity index (χ4v) is 4.11. The highest BCUT2D eigenvalue weighted by Gasteiger charge is 2.24. The SMILES string of the molecule is O=C(CCc1cccc(-c2cccc(C(F)(F)P)c2)c1)NCCCNc1n[nH]c(=O)c2ccccc12. The molecular weight excluding hydrogens is 481 g/mol. The van der Waals surface area contributed by atoms with Gasteiger partial charge in [-0.25, -0.2) is 5.10 Å². The number of aryl methyl sites for hydroxylation is 1. The Kier molecular flexibility index (Phi) is 8.06. The summed E-state index contributed by atoms with van der Waals surface area (Å²) in [5, 5.41) is 14.0. The van der Waals surface area contributed by atoms with Gasteiger partial charge in [0, 0.05) is 30.5 Å². The van der Waals surface area contributed by atoms with Gasteiger partial charge in [0.1, 0.15) is 0 Å². The van der Waals surface area contributed by atoms with Crippen LogP contribution in [-0.2, 0) is 16.9 Å². The molecule has 1 amide bonds. The predicted molar refractivity (Wildman–Crippen MR) is 142 cm³/mol. The number of carbonyl (C=O) groups excluding carboxylic acids is 1. The summed E-state index contributed by atoms with van der Waals surface area (Å²) in [5.74, 6) is 0.543. The van der Waals surface area contributed by atoms with E-state index in [4.69, 9.17) is 0 Å². The Bertz CT molecular complexity index is 1420. The lowest BCUT2D eigenvalue weighted by Gasteiger charge is -2.12. The quantitative estimate of drug-likeness (QED) is 0.206. The zero-order chi connectivity index (χ0) is 25.5. The normalized spacial score (nSPS) is 11.4. The summed E-state index contributed by atoms with van der Waals surface area (Å²) in [5.41, 5.74) is -0.774. The van der Waals surface area contributed by atoms with Gasteiger partial charge < -0.3 is 10.6 Å². The number of hydrogen-bond acceptors (Lipinski definition) is 4. The second kappa shape index (κ2) is 11.4. The number of aromatic nitrogens is 2. The van der Waals surface area contributed by atoms with Crippen LogP contribution in [0.1, 0.15) is 24.0 Å². The molecule has 1 aromatic heterocycles. The van der Waals surface area contributed by atoms with Crippen molar-refractivity contribution in [1.82, 2.24) is 15.5 Å². The van der Waals surface area contributed by atoms with Crippen LogP contribution in [0.2, 0.25) is 0 Å². The van der Waals surface area contributed by atoms with Gasteiger partial charge in [-0.1, -0.05) is 69.9 Å². The number of anilines is 1. The van der Waals surface area contributed by atoms with Crippen molar-refractivity contribution in [1.29, 1.82) is 0 Å². The standard InChI is InChI=1S/C27H27F2N4O2P/c28-27(29,36)21-9-4-8-20(17-21)19-7-3-6-18(16-19)12-13-24(34)30-14-5-15-31-25-22-10-1-2-11-23(22)26(35)33-32-25/h1-4,6-11,16-17H,5,12-15,36H2,(H,30,34)(H,31,32)(H,33,35). The number of halogens is 2. The molecule has 3 N–H and O–H groups in total. The number of carbonyl (C=O) groups is 1. The van der Waals surface area contributed by atoms with E-state index in [-0.39, 0.29) is 17.0 Å². The minimum Gasteiger partial charge on any atom is -0.368 e. The molecule has 0 spiro atoms. The molecule has 0 aliphatic heterocycles. The minimum atomic E-state index is -2.98. The number of amides is 1. The second-order valence-corrected chi connectivity index (χ2v) is 9.21. The van der Waals surface area contributed by atoms with Gasteiger partial charge in [-0.05, 0) is 41.7 Å². The molecule has 0 fully saturated rings. The number of nitrogens with one attached hydrogen (secondary N) is 3. The Hall–Kier alpha value is -3.64. The van der Waals surface area contributed by atoms with Crippen LogP contribution in [-0.4, -0.2) is 29.2 Å². The number of benzene rings is 3. The Balaban J connectivity index is 1.24. The van der Waals surface area contributed by atoms with Crippen LogP contribution in [0.5, 0.6) is 0 Å². The van der Waals surface area contributed by atoms with Gasteiger partial charge >= 0.3 is 0 Å². The molecule has 1 unspecified atom stereocenters. The van der Waals surface area contributed by atoms with Gasteiger partial charge in [0.25, 0.3) is 11.2 Å². The van der Waals surface area contributed by atoms with Crippen LogP contribution in [0.3, 0.4) is 0 Å². The first-order valence-electron chi connectivity index (χ1n) is 11.7. The monoisotopic (exact) mass is 508 g/mol. The van der Waals surface area contributed by atoms with E-state index in [1.54, 1.807) is 33.5 Å². The molecule has 0 aliphatic rings. The lowest BCUT2D eigenvalue weighted by molar-refractivity contribution is -0.121. The van der Waals surface area contributed by atoms with Crippen molar-refractivity contribution in [3.8, 4) is 11.1 Å². The maximum absolute atomic E-state index is 13.7. The number of alkyl halides is 2. The summed E-state index contributed by atoms with van der Waals surface area (Å²) >= 11 is 0. The summed E-state index contributed by atoms with van der Waals surface area (Å²) in [4.78, 5) is 24.2. The van der Waals surface area contributed by atoms with Crippen molar-refractivity contribution in [3.63, 3.8) is 0 Å². The summed E-state index contributed by atoms with van der Waals surface area (Å²) in [6, 6.07) is 21.1. The molecule has 0 bridgehead atoms. The Labute approximate surface area is 209 Å². The van der Waals surface area contributed by atoms with Gasteiger partial charge in [0.2, 0.25) is 5.91 Å². The van der Waals surface area contributed by atoms with Crippen molar-refractivity contribution in [2.75, 3.05) is 18.4 Å². The first-order valence-corrected chi connectivity index (χ1v) is 12.2. The van der Waals surface area contributed by atoms with Gasteiger partial charge in [-0.15, -0.1) is 0 Å². The molecule has 0 saturated carbocycles. The number of H-pyrrole nitrogens is 1. The van der Waals surface area contributed by atoms with Gasteiger partial charge in [0.05, 0.1) is 5.39 Å². The average molecular weight is 509 g/mol. The number of hydrogen-bond donors (Lipinski definition) is 3. The molecule has 1 heterocycles. The fourth-order valence-electron chi connectivity index (χ4n) is 3.93. The molecule has 9 heteroatoms. The number of aromatic amines is 1. The molecule has 6 nitrogen and oxygen atoms in total. The van der Waals surface area contributed by atoms with Crippen LogP contribution in [0, 0.1) is 0 Å². The summed E-state index contributed by atoms with van der Waals surface area (Å²) in [6.45, 7) is 1.09. The molecule has 3 aromatic carbocycles. The summed E-state index contributed by atoms with van der Waals surface area (Å²) in [6.07, 6.45) is 1.56. The van der Waals surface area contributed by atoms with E-state index < -0.39 is 5.66 Å². The maximum Gasteiger partial charge on any atom is 0.283 e. The van der Waals surface area contributed by atoms with E-state index in [0.717, 1.165) is 16.5 Å². The topological polar surface area (TPSA) is 86.9 Å². The lowest BCUT2D eigenvalue weighted by Crippen LogP contribution is -2.26. The zero-order valence-electron chi connectivity index (χ0n) is 19.6. The minimum absolute atomic E-state index is 0.0577. The highest BCUT2D eigenvalue weighted by atomic mass is 31.0. The van der Waals surface area contributed by atoms with E-state index >= 15 is 0 Å². The van der Waals surface area contributed by atoms with E-state index in [1.165, 1.54) is 12.1 Å². The third kappa shape index (κ3) is 6.52. The van der Waals surface area contributed by atoms with Crippen molar-refractivity contribution in [2.45, 2.75) is 24.9 Å². The van der Waals surface area contributed by atoms with E-state index in [2.05, 4.69) is 20.8 Å². The molecule has 4 rings (SSSR count). The van der Waals surface area contributed by atoms with Crippen molar-refractivity contribution >= 4 is 31.7 Å². The van der Waals surface area contributed by atoms with Gasteiger partial charge in [0.15, 0.2) is 5.82 Å². The second-order valence-electron chi connectivity index (χ2n) is 8.48. The predicted octanol–water partition coefficient (Wildman–Crippen LogP) is 5.07. The highest BCUT2D eigenvalue weighted by molar-refractivity contribution is 7.17. The van der Waals surface area contributed by atoms with Gasteiger partial charge in [-0.3, -0.25) is 9.59 Å². The van der Waals surface area contributed by atoms with Crippen LogP contribution >= 0.6 is 9.24 Å². The molecule has 0 saturated heterocycles. The number of fused-ring (bicyclic) bond motifs is 1. The zero-order valence-corrected chi connectivity index (χ0v) is 20.7. The summed E-state index contributed by atoms with van der Waals surface area (Å²) in [7, 11) is 1.56. The van der Waals surface area contributed by atoms with Crippen molar-refractivity contribution in [2.24, 2.45) is 0 Å². The molecule has 0 radical (unpaired) electrons. The Morgan fingerprint density at radius 3 is 2.44 bits per heavy atom. The number of rotatable bonds is 10. The fraction of sp³-hybridized carbons (Fsp3) is 0.222. The Morgan fingerprint density at radius 1 is 0.944 bits per heavy atom. The third-order valence-electron chi connectivity index (χ3n) is 5.81. The van der Waals surface area contributed by atoms with Crippen molar-refractivity contribution < 1.29 is 13.6 Å². The molecule has 186 valence electrons. The lowest BCUT2D eigenvalue weighted by atomic mass is 9.99. The van der Waals surface area contributed by atoms with Crippen LogP contribution in [0.15, 0.2) is 77.6 Å². The van der Waals surface area contributed by atoms with E-state index in [9.17, 15) is 18.4 Å².